The lowest BCUT2D eigenvalue weighted by molar-refractivity contribution is -0.135. The summed E-state index contributed by atoms with van der Waals surface area (Å²) in [6.07, 6.45) is 5.21. The van der Waals surface area contributed by atoms with Gasteiger partial charge in [0, 0.05) is 38.8 Å². The van der Waals surface area contributed by atoms with E-state index in [9.17, 15) is 9.59 Å². The number of pyridine rings is 1. The zero-order chi connectivity index (χ0) is 22.1. The Hall–Kier alpha value is -2.64. The van der Waals surface area contributed by atoms with Crippen molar-refractivity contribution in [2.75, 3.05) is 26.7 Å². The van der Waals surface area contributed by atoms with E-state index in [1.807, 2.05) is 25.8 Å². The summed E-state index contributed by atoms with van der Waals surface area (Å²) in [5.74, 6) is 1.36. The van der Waals surface area contributed by atoms with Crippen LogP contribution in [0.25, 0.3) is 11.0 Å². The fourth-order valence-electron chi connectivity index (χ4n) is 4.63. The van der Waals surface area contributed by atoms with Gasteiger partial charge in [-0.2, -0.15) is 0 Å². The van der Waals surface area contributed by atoms with Crippen molar-refractivity contribution in [2.24, 2.45) is 18.9 Å². The van der Waals surface area contributed by atoms with Gasteiger partial charge in [-0.15, -0.1) is 5.10 Å². The van der Waals surface area contributed by atoms with Gasteiger partial charge in [-0.05, 0) is 63.0 Å². The molecule has 8 nitrogen and oxygen atoms in total. The molecule has 1 aliphatic heterocycles. The van der Waals surface area contributed by atoms with E-state index in [1.54, 1.807) is 11.8 Å². The summed E-state index contributed by atoms with van der Waals surface area (Å²) in [5, 5.41) is 8.37. The maximum atomic E-state index is 13.0. The molecule has 168 valence electrons. The van der Waals surface area contributed by atoms with Crippen LogP contribution in [0, 0.1) is 25.7 Å². The first-order valence-electron chi connectivity index (χ1n) is 11.3. The van der Waals surface area contributed by atoms with Crippen LogP contribution in [0.15, 0.2) is 0 Å². The molecule has 2 amide bonds. The Bertz CT molecular complexity index is 995. The second-order valence-corrected chi connectivity index (χ2v) is 9.00. The normalized spacial score (nSPS) is 19.0. The van der Waals surface area contributed by atoms with Gasteiger partial charge in [-0.1, -0.05) is 0 Å². The molecule has 1 atom stereocenters. The van der Waals surface area contributed by atoms with Crippen LogP contribution in [0.1, 0.15) is 48.9 Å². The topological polar surface area (TPSA) is 89.3 Å². The number of aromatic nitrogens is 3. The van der Waals surface area contributed by atoms with Crippen molar-refractivity contribution >= 4 is 22.8 Å². The molecular formula is C23H33N5O3. The van der Waals surface area contributed by atoms with Gasteiger partial charge in [0.05, 0.1) is 18.4 Å². The van der Waals surface area contributed by atoms with Crippen molar-refractivity contribution in [1.82, 2.24) is 25.0 Å². The van der Waals surface area contributed by atoms with E-state index >= 15 is 0 Å². The minimum Gasteiger partial charge on any atom is -0.479 e. The summed E-state index contributed by atoms with van der Waals surface area (Å²) in [6, 6.07) is 0. The number of carbonyl (C=O) groups excluding carboxylic acids is 2. The molecule has 1 saturated heterocycles. The summed E-state index contributed by atoms with van der Waals surface area (Å²) in [6.45, 7) is 6.07. The number of ether oxygens (including phenoxy) is 1. The largest absolute Gasteiger partial charge is 0.479 e. The van der Waals surface area contributed by atoms with Crippen LogP contribution in [0.4, 0.5) is 0 Å². The molecule has 0 aromatic carbocycles. The first kappa shape index (κ1) is 21.6. The third-order valence-corrected chi connectivity index (χ3v) is 6.71. The molecule has 1 aliphatic carbocycles. The molecule has 31 heavy (non-hydrogen) atoms. The predicted octanol–water partition coefficient (Wildman–Crippen LogP) is 2.29. The SMILES string of the molecule is COc1nn(C)c2nc(C)c(CCC(=O)N3CCCC(C(=O)NCC4CC4)C3)c(C)c12. The van der Waals surface area contributed by atoms with E-state index in [2.05, 4.69) is 10.4 Å². The molecule has 1 unspecified atom stereocenters. The van der Waals surface area contributed by atoms with Crippen LogP contribution in [0.3, 0.4) is 0 Å². The fourth-order valence-corrected chi connectivity index (χ4v) is 4.63. The van der Waals surface area contributed by atoms with Gasteiger partial charge in [0.1, 0.15) is 0 Å². The van der Waals surface area contributed by atoms with Gasteiger partial charge in [0.15, 0.2) is 5.65 Å². The van der Waals surface area contributed by atoms with Crippen molar-refractivity contribution in [3.63, 3.8) is 0 Å². The van der Waals surface area contributed by atoms with Crippen LogP contribution < -0.4 is 10.1 Å². The Morgan fingerprint density at radius 1 is 1.23 bits per heavy atom. The highest BCUT2D eigenvalue weighted by Crippen LogP contribution is 2.31. The lowest BCUT2D eigenvalue weighted by Crippen LogP contribution is -2.45. The number of rotatable bonds is 7. The molecule has 1 saturated carbocycles. The quantitative estimate of drug-likeness (QED) is 0.732. The molecule has 0 radical (unpaired) electrons. The monoisotopic (exact) mass is 427 g/mol. The van der Waals surface area contributed by atoms with Crippen molar-refractivity contribution in [2.45, 2.75) is 52.4 Å². The minimum absolute atomic E-state index is 0.0856. The molecule has 2 aromatic rings. The Morgan fingerprint density at radius 3 is 2.71 bits per heavy atom. The summed E-state index contributed by atoms with van der Waals surface area (Å²) in [4.78, 5) is 32.0. The molecule has 2 fully saturated rings. The van der Waals surface area contributed by atoms with E-state index in [1.165, 1.54) is 12.8 Å². The number of hydrogen-bond acceptors (Lipinski definition) is 5. The first-order chi connectivity index (χ1) is 14.9. The minimum atomic E-state index is -0.0856. The number of fused-ring (bicyclic) bond motifs is 1. The average molecular weight is 428 g/mol. The number of piperidine rings is 1. The number of nitrogens with zero attached hydrogens (tertiary/aromatic N) is 4. The molecule has 0 spiro atoms. The maximum Gasteiger partial charge on any atom is 0.242 e. The summed E-state index contributed by atoms with van der Waals surface area (Å²) in [7, 11) is 3.46. The zero-order valence-corrected chi connectivity index (χ0v) is 19.0. The summed E-state index contributed by atoms with van der Waals surface area (Å²) < 4.78 is 7.16. The van der Waals surface area contributed by atoms with Crippen LogP contribution in [0.2, 0.25) is 0 Å². The number of nitrogens with one attached hydrogen (secondary N) is 1. The zero-order valence-electron chi connectivity index (χ0n) is 19.0. The highest BCUT2D eigenvalue weighted by atomic mass is 16.5. The average Bonchev–Trinajstić information content (AvgIpc) is 3.54. The lowest BCUT2D eigenvalue weighted by atomic mass is 9.95. The molecule has 0 bridgehead atoms. The summed E-state index contributed by atoms with van der Waals surface area (Å²) >= 11 is 0. The molecule has 2 aromatic heterocycles. The molecule has 3 heterocycles. The van der Waals surface area contributed by atoms with Crippen LogP contribution in [-0.4, -0.2) is 58.2 Å². The van der Waals surface area contributed by atoms with Crippen molar-refractivity contribution in [1.29, 1.82) is 0 Å². The van der Waals surface area contributed by atoms with Gasteiger partial charge < -0.3 is 15.0 Å². The van der Waals surface area contributed by atoms with Gasteiger partial charge in [0.2, 0.25) is 17.7 Å². The van der Waals surface area contributed by atoms with Crippen molar-refractivity contribution in [3.8, 4) is 5.88 Å². The highest BCUT2D eigenvalue weighted by molar-refractivity contribution is 5.86. The van der Waals surface area contributed by atoms with Gasteiger partial charge in [0.25, 0.3) is 0 Å². The van der Waals surface area contributed by atoms with E-state index in [0.29, 0.717) is 31.2 Å². The number of carbonyl (C=O) groups is 2. The van der Waals surface area contributed by atoms with E-state index in [4.69, 9.17) is 9.72 Å². The van der Waals surface area contributed by atoms with Gasteiger partial charge in [-0.25, -0.2) is 9.67 Å². The molecule has 8 heteroatoms. The van der Waals surface area contributed by atoms with Crippen LogP contribution in [-0.2, 0) is 23.1 Å². The van der Waals surface area contributed by atoms with Gasteiger partial charge >= 0.3 is 0 Å². The summed E-state index contributed by atoms with van der Waals surface area (Å²) in [5.41, 5.74) is 3.84. The van der Waals surface area contributed by atoms with E-state index < -0.39 is 0 Å². The molecule has 4 rings (SSSR count). The third kappa shape index (κ3) is 4.52. The molecule has 2 aliphatic rings. The first-order valence-corrected chi connectivity index (χ1v) is 11.3. The number of amides is 2. The highest BCUT2D eigenvalue weighted by Gasteiger charge is 2.30. The number of hydrogen-bond donors (Lipinski definition) is 1. The fraction of sp³-hybridized carbons (Fsp3) is 0.652. The Labute approximate surface area is 183 Å². The Balaban J connectivity index is 1.41. The van der Waals surface area contributed by atoms with Crippen LogP contribution >= 0.6 is 0 Å². The number of methoxy groups -OCH3 is 1. The predicted molar refractivity (Wildman–Crippen MR) is 118 cm³/mol. The molecule has 1 N–H and O–H groups in total. The smallest absolute Gasteiger partial charge is 0.242 e. The number of aryl methyl sites for hydroxylation is 3. The van der Waals surface area contributed by atoms with E-state index in [-0.39, 0.29) is 17.7 Å². The lowest BCUT2D eigenvalue weighted by Gasteiger charge is -2.32. The standard InChI is InChI=1S/C23H33N5O3/c1-14-18(15(2)25-21-20(14)23(31-4)26-27(21)3)9-10-19(29)28-11-5-6-17(13-28)22(30)24-12-16-7-8-16/h16-17H,5-13H2,1-4H3,(H,24,30). The van der Waals surface area contributed by atoms with Crippen molar-refractivity contribution < 1.29 is 14.3 Å². The second kappa shape index (κ2) is 8.85. The second-order valence-electron chi connectivity index (χ2n) is 9.00. The third-order valence-electron chi connectivity index (χ3n) is 6.71. The van der Waals surface area contributed by atoms with Crippen molar-refractivity contribution in [3.05, 3.63) is 16.8 Å². The number of likely N-dealkylation sites (tertiary alicyclic amines) is 1. The van der Waals surface area contributed by atoms with Gasteiger partial charge in [-0.3, -0.25) is 9.59 Å². The van der Waals surface area contributed by atoms with E-state index in [0.717, 1.165) is 53.8 Å². The molecular weight excluding hydrogens is 394 g/mol. The Morgan fingerprint density at radius 2 is 2.00 bits per heavy atom. The van der Waals surface area contributed by atoms with Crippen LogP contribution in [0.5, 0.6) is 5.88 Å². The maximum absolute atomic E-state index is 13.0. The Kier molecular flexibility index (Phi) is 6.16.